The number of benzene rings is 2. The van der Waals surface area contributed by atoms with Gasteiger partial charge in [0, 0.05) is 17.5 Å². The molecule has 3 aromatic rings. The first-order chi connectivity index (χ1) is 18.7. The molecule has 0 bridgehead atoms. The van der Waals surface area contributed by atoms with Gasteiger partial charge in [-0.05, 0) is 67.4 Å². The van der Waals surface area contributed by atoms with Crippen molar-refractivity contribution < 1.29 is 19.8 Å². The second kappa shape index (κ2) is 15.6. The van der Waals surface area contributed by atoms with Gasteiger partial charge in [0.15, 0.2) is 0 Å². The van der Waals surface area contributed by atoms with Crippen LogP contribution in [0.15, 0.2) is 41.8 Å². The summed E-state index contributed by atoms with van der Waals surface area (Å²) >= 11 is 8.33. The number of aliphatic carboxylic acids is 2. The third-order valence-electron chi connectivity index (χ3n) is 6.48. The summed E-state index contributed by atoms with van der Waals surface area (Å²) in [5, 5.41) is 27.1. The maximum atomic E-state index is 9.64. The van der Waals surface area contributed by atoms with E-state index in [1.807, 2.05) is 6.07 Å². The van der Waals surface area contributed by atoms with Crippen molar-refractivity contribution in [2.45, 2.75) is 65.3 Å². The van der Waals surface area contributed by atoms with Gasteiger partial charge in [0.2, 0.25) is 0 Å². The Labute approximate surface area is 239 Å². The second-order valence-electron chi connectivity index (χ2n) is 10.1. The Bertz CT molecular complexity index is 1210. The summed E-state index contributed by atoms with van der Waals surface area (Å²) in [4.78, 5) is 24.1. The zero-order chi connectivity index (χ0) is 28.2. The van der Waals surface area contributed by atoms with Crippen LogP contribution < -0.4 is 10.6 Å². The predicted molar refractivity (Wildman–Crippen MR) is 159 cm³/mol. The van der Waals surface area contributed by atoms with Gasteiger partial charge < -0.3 is 20.8 Å². The van der Waals surface area contributed by atoms with Gasteiger partial charge in [-0.3, -0.25) is 9.59 Å². The lowest BCUT2D eigenvalue weighted by atomic mass is 10.0. The summed E-state index contributed by atoms with van der Waals surface area (Å²) in [5.74, 6) is -1.39. The van der Waals surface area contributed by atoms with E-state index in [0.29, 0.717) is 0 Å². The quantitative estimate of drug-likeness (QED) is 0.203. The van der Waals surface area contributed by atoms with Crippen LogP contribution in [0, 0.1) is 5.92 Å². The molecule has 0 saturated carbocycles. The lowest BCUT2D eigenvalue weighted by Crippen LogP contribution is -2.16. The third-order valence-corrected chi connectivity index (χ3v) is 7.70. The minimum Gasteiger partial charge on any atom is -0.481 e. The van der Waals surface area contributed by atoms with E-state index in [2.05, 4.69) is 60.2 Å². The molecule has 0 spiro atoms. The van der Waals surface area contributed by atoms with Crippen LogP contribution in [-0.2, 0) is 35.4 Å². The van der Waals surface area contributed by atoms with Gasteiger partial charge in [0.05, 0.1) is 34.3 Å². The molecular weight excluding hydrogens is 534 g/mol. The van der Waals surface area contributed by atoms with Crippen molar-refractivity contribution >= 4 is 40.6 Å². The zero-order valence-corrected chi connectivity index (χ0v) is 24.2. The molecule has 210 valence electrons. The standard InChI is InChI=1S/C26H32ClN3S.C4H6O4/c1-18(2)4-3-5-25-30-24(17-31-25)21-8-6-19(7-9-21)16-29-26-22-13-15-28-14-12-20(22)10-11-23(26)27;5-3(6)1-2-4(7)8/h6-11,17-18,28-29H,3-5,12-16H2,1-2H3;1-2H2,(H,5,6)(H,7,8). The Hall–Kier alpha value is -2.94. The summed E-state index contributed by atoms with van der Waals surface area (Å²) in [6.07, 6.45) is 5.05. The maximum Gasteiger partial charge on any atom is 0.303 e. The predicted octanol–water partition coefficient (Wildman–Crippen LogP) is 6.68. The monoisotopic (exact) mass is 571 g/mol. The fourth-order valence-corrected chi connectivity index (χ4v) is 5.45. The highest BCUT2D eigenvalue weighted by Crippen LogP contribution is 2.31. The number of carbonyl (C=O) groups is 2. The number of carboxylic acid groups (broad SMARTS) is 2. The van der Waals surface area contributed by atoms with Crippen LogP contribution in [0.4, 0.5) is 5.69 Å². The van der Waals surface area contributed by atoms with Gasteiger partial charge in [-0.25, -0.2) is 4.98 Å². The highest BCUT2D eigenvalue weighted by molar-refractivity contribution is 7.09. The van der Waals surface area contributed by atoms with E-state index in [1.165, 1.54) is 40.1 Å². The molecule has 2 heterocycles. The summed E-state index contributed by atoms with van der Waals surface area (Å²) in [7, 11) is 0. The number of fused-ring (bicyclic) bond motifs is 1. The molecule has 1 aliphatic rings. The topological polar surface area (TPSA) is 112 Å². The molecule has 1 aromatic heterocycles. The Kier molecular flexibility index (Phi) is 12.2. The van der Waals surface area contributed by atoms with Crippen LogP contribution in [0.5, 0.6) is 0 Å². The van der Waals surface area contributed by atoms with Crippen LogP contribution in [0.25, 0.3) is 11.3 Å². The molecule has 0 fully saturated rings. The number of thiazole rings is 1. The largest absolute Gasteiger partial charge is 0.481 e. The molecule has 0 saturated heterocycles. The van der Waals surface area contributed by atoms with Crippen molar-refractivity contribution in [2.24, 2.45) is 5.92 Å². The minimum absolute atomic E-state index is 0.296. The Morgan fingerprint density at radius 3 is 2.41 bits per heavy atom. The molecule has 0 amide bonds. The van der Waals surface area contributed by atoms with E-state index >= 15 is 0 Å². The van der Waals surface area contributed by atoms with E-state index in [9.17, 15) is 9.59 Å². The highest BCUT2D eigenvalue weighted by atomic mass is 35.5. The molecule has 0 unspecified atom stereocenters. The molecule has 2 aromatic carbocycles. The van der Waals surface area contributed by atoms with Gasteiger partial charge >= 0.3 is 11.9 Å². The van der Waals surface area contributed by atoms with Gasteiger partial charge in [-0.1, -0.05) is 62.2 Å². The Balaban J connectivity index is 0.000000459. The average molecular weight is 572 g/mol. The Morgan fingerprint density at radius 2 is 1.74 bits per heavy atom. The van der Waals surface area contributed by atoms with Gasteiger partial charge in [-0.2, -0.15) is 0 Å². The fraction of sp³-hybridized carbons (Fsp3) is 0.433. The van der Waals surface area contributed by atoms with Gasteiger partial charge in [-0.15, -0.1) is 11.3 Å². The summed E-state index contributed by atoms with van der Waals surface area (Å²) in [5.41, 5.74) is 7.39. The van der Waals surface area contributed by atoms with E-state index < -0.39 is 11.9 Å². The molecule has 7 nitrogen and oxygen atoms in total. The molecule has 0 radical (unpaired) electrons. The van der Waals surface area contributed by atoms with Crippen molar-refractivity contribution in [3.63, 3.8) is 0 Å². The molecule has 4 rings (SSSR count). The number of halogens is 1. The first kappa shape index (κ1) is 30.6. The lowest BCUT2D eigenvalue weighted by Gasteiger charge is -2.16. The first-order valence-electron chi connectivity index (χ1n) is 13.4. The number of hydrogen-bond acceptors (Lipinski definition) is 6. The molecule has 9 heteroatoms. The fourth-order valence-electron chi connectivity index (χ4n) is 4.35. The van der Waals surface area contributed by atoms with Crippen LogP contribution in [0.2, 0.25) is 5.02 Å². The summed E-state index contributed by atoms with van der Waals surface area (Å²) in [6.45, 7) is 7.36. The number of nitrogens with one attached hydrogen (secondary N) is 2. The van der Waals surface area contributed by atoms with Crippen LogP contribution in [0.1, 0.15) is 61.2 Å². The van der Waals surface area contributed by atoms with E-state index in [0.717, 1.165) is 61.2 Å². The second-order valence-corrected chi connectivity index (χ2v) is 11.4. The van der Waals surface area contributed by atoms with Crippen molar-refractivity contribution in [1.29, 1.82) is 0 Å². The average Bonchev–Trinajstić information content (AvgIpc) is 3.24. The smallest absolute Gasteiger partial charge is 0.303 e. The van der Waals surface area contributed by atoms with E-state index in [4.69, 9.17) is 26.8 Å². The number of aryl methyl sites for hydroxylation is 1. The summed E-state index contributed by atoms with van der Waals surface area (Å²) < 4.78 is 0. The summed E-state index contributed by atoms with van der Waals surface area (Å²) in [6, 6.07) is 12.9. The SMILES string of the molecule is CC(C)CCCc1nc(-c2ccc(CNc3c(Cl)ccc4c3CCNCC4)cc2)cs1.O=C(O)CCC(=O)O. The third kappa shape index (κ3) is 10.3. The minimum atomic E-state index is -1.08. The van der Waals surface area contributed by atoms with Gasteiger partial charge in [0.1, 0.15) is 0 Å². The molecule has 1 aliphatic heterocycles. The number of anilines is 1. The van der Waals surface area contributed by atoms with Crippen molar-refractivity contribution in [3.8, 4) is 11.3 Å². The van der Waals surface area contributed by atoms with Crippen molar-refractivity contribution in [2.75, 3.05) is 18.4 Å². The molecular formula is C30H38ClN3O4S. The molecule has 4 N–H and O–H groups in total. The number of hydrogen-bond donors (Lipinski definition) is 4. The Morgan fingerprint density at radius 1 is 1.05 bits per heavy atom. The zero-order valence-electron chi connectivity index (χ0n) is 22.6. The van der Waals surface area contributed by atoms with Crippen LogP contribution in [-0.4, -0.2) is 40.2 Å². The highest BCUT2D eigenvalue weighted by Gasteiger charge is 2.15. The van der Waals surface area contributed by atoms with Gasteiger partial charge in [0.25, 0.3) is 0 Å². The molecule has 39 heavy (non-hydrogen) atoms. The number of rotatable bonds is 11. The molecule has 0 aliphatic carbocycles. The van der Waals surface area contributed by atoms with E-state index in [-0.39, 0.29) is 12.8 Å². The first-order valence-corrected chi connectivity index (χ1v) is 14.7. The lowest BCUT2D eigenvalue weighted by molar-refractivity contribution is -0.143. The van der Waals surface area contributed by atoms with Crippen molar-refractivity contribution in [1.82, 2.24) is 10.3 Å². The molecule has 0 atom stereocenters. The normalized spacial score (nSPS) is 12.7. The number of carboxylic acids is 2. The number of nitrogens with zero attached hydrogens (tertiary/aromatic N) is 1. The maximum absolute atomic E-state index is 9.64. The van der Waals surface area contributed by atoms with Crippen LogP contribution in [0.3, 0.4) is 0 Å². The van der Waals surface area contributed by atoms with E-state index in [1.54, 1.807) is 11.3 Å². The van der Waals surface area contributed by atoms with Crippen molar-refractivity contribution in [3.05, 3.63) is 68.5 Å². The van der Waals surface area contributed by atoms with Crippen LogP contribution >= 0.6 is 22.9 Å². The number of aromatic nitrogens is 1.